The van der Waals surface area contributed by atoms with Gasteiger partial charge in [-0.25, -0.2) is 0 Å². The number of aromatic nitrogens is 1. The Morgan fingerprint density at radius 1 is 1.35 bits per heavy atom. The van der Waals surface area contributed by atoms with Gasteiger partial charge in [0.2, 0.25) is 0 Å². The van der Waals surface area contributed by atoms with Gasteiger partial charge < -0.3 is 5.11 Å². The molecule has 0 unspecified atom stereocenters. The fourth-order valence-corrected chi connectivity index (χ4v) is 3.01. The van der Waals surface area contributed by atoms with Crippen LogP contribution in [0.4, 0.5) is 0 Å². The summed E-state index contributed by atoms with van der Waals surface area (Å²) >= 11 is 0. The van der Waals surface area contributed by atoms with Crippen molar-refractivity contribution in [1.29, 1.82) is 0 Å². The lowest BCUT2D eigenvalue weighted by Crippen LogP contribution is -2.47. The van der Waals surface area contributed by atoms with E-state index >= 15 is 0 Å². The Bertz CT molecular complexity index is 527. The van der Waals surface area contributed by atoms with E-state index in [0.717, 1.165) is 17.7 Å². The highest BCUT2D eigenvalue weighted by molar-refractivity contribution is 6.20. The molecular formula is C15H18N2O3. The SMILES string of the molecule is CC1CCC(O)(CN2C(=O)c3cccnc3C2=O)CC1. The van der Waals surface area contributed by atoms with Gasteiger partial charge in [0.05, 0.1) is 17.7 Å². The molecule has 2 aliphatic rings. The minimum Gasteiger partial charge on any atom is -0.388 e. The average Bonchev–Trinajstić information content (AvgIpc) is 2.68. The summed E-state index contributed by atoms with van der Waals surface area (Å²) in [6.45, 7) is 2.24. The van der Waals surface area contributed by atoms with Crippen LogP contribution in [0, 0.1) is 5.92 Å². The third-order valence-corrected chi connectivity index (χ3v) is 4.39. The molecule has 1 aromatic rings. The second-order valence-corrected chi connectivity index (χ2v) is 6.00. The van der Waals surface area contributed by atoms with Gasteiger partial charge in [0, 0.05) is 6.20 Å². The minimum atomic E-state index is -0.945. The fraction of sp³-hybridized carbons (Fsp3) is 0.533. The molecule has 1 N–H and O–H groups in total. The van der Waals surface area contributed by atoms with E-state index in [1.165, 1.54) is 6.20 Å². The van der Waals surface area contributed by atoms with Crippen molar-refractivity contribution < 1.29 is 14.7 Å². The summed E-state index contributed by atoms with van der Waals surface area (Å²) in [5.74, 6) is -0.137. The van der Waals surface area contributed by atoms with Crippen LogP contribution in [0.15, 0.2) is 18.3 Å². The van der Waals surface area contributed by atoms with Gasteiger partial charge in [-0.3, -0.25) is 19.5 Å². The second kappa shape index (κ2) is 4.66. The molecule has 1 aliphatic heterocycles. The largest absolute Gasteiger partial charge is 0.388 e. The van der Waals surface area contributed by atoms with Crippen LogP contribution in [0.3, 0.4) is 0 Å². The molecule has 1 aliphatic carbocycles. The predicted octanol–water partition coefficient (Wildman–Crippen LogP) is 1.62. The first-order valence-corrected chi connectivity index (χ1v) is 7.04. The maximum Gasteiger partial charge on any atom is 0.280 e. The lowest BCUT2D eigenvalue weighted by molar-refractivity contribution is -0.0262. The molecule has 5 nitrogen and oxygen atoms in total. The van der Waals surface area contributed by atoms with Gasteiger partial charge >= 0.3 is 0 Å². The Kier molecular flexibility index (Phi) is 3.09. The van der Waals surface area contributed by atoms with E-state index in [-0.39, 0.29) is 18.1 Å². The van der Waals surface area contributed by atoms with E-state index in [4.69, 9.17) is 0 Å². The molecule has 0 spiro atoms. The third kappa shape index (κ3) is 2.12. The highest BCUT2D eigenvalue weighted by atomic mass is 16.3. The molecule has 1 saturated carbocycles. The summed E-state index contributed by atoms with van der Waals surface area (Å²) in [7, 11) is 0. The Morgan fingerprint density at radius 2 is 2.05 bits per heavy atom. The zero-order chi connectivity index (χ0) is 14.3. The molecule has 2 amide bonds. The monoisotopic (exact) mass is 274 g/mol. The summed E-state index contributed by atoms with van der Waals surface area (Å²) in [5, 5.41) is 10.6. The molecule has 1 fully saturated rings. The molecule has 0 radical (unpaired) electrons. The number of hydrogen-bond donors (Lipinski definition) is 1. The molecule has 2 heterocycles. The number of carbonyl (C=O) groups is 2. The zero-order valence-electron chi connectivity index (χ0n) is 11.5. The predicted molar refractivity (Wildman–Crippen MR) is 72.2 cm³/mol. The number of nitrogens with zero attached hydrogens (tertiary/aromatic N) is 2. The molecule has 20 heavy (non-hydrogen) atoms. The summed E-state index contributed by atoms with van der Waals surface area (Å²) in [4.78, 5) is 29.6. The molecule has 0 aromatic carbocycles. The van der Waals surface area contributed by atoms with Gasteiger partial charge in [-0.05, 0) is 43.7 Å². The van der Waals surface area contributed by atoms with Gasteiger partial charge in [-0.1, -0.05) is 6.92 Å². The fourth-order valence-electron chi connectivity index (χ4n) is 3.01. The molecule has 0 saturated heterocycles. The van der Waals surface area contributed by atoms with Crippen molar-refractivity contribution in [3.63, 3.8) is 0 Å². The average molecular weight is 274 g/mol. The van der Waals surface area contributed by atoms with Gasteiger partial charge in [-0.15, -0.1) is 0 Å². The number of amides is 2. The van der Waals surface area contributed by atoms with Crippen LogP contribution in [0.5, 0.6) is 0 Å². The number of hydrogen-bond acceptors (Lipinski definition) is 4. The van der Waals surface area contributed by atoms with Crippen LogP contribution in [0.25, 0.3) is 0 Å². The Morgan fingerprint density at radius 3 is 2.70 bits per heavy atom. The molecule has 5 heteroatoms. The third-order valence-electron chi connectivity index (χ3n) is 4.39. The van der Waals surface area contributed by atoms with Crippen LogP contribution in [0.1, 0.15) is 53.5 Å². The number of fused-ring (bicyclic) bond motifs is 1. The van der Waals surface area contributed by atoms with Gasteiger partial charge in [0.25, 0.3) is 11.8 Å². The quantitative estimate of drug-likeness (QED) is 0.832. The lowest BCUT2D eigenvalue weighted by atomic mass is 9.79. The lowest BCUT2D eigenvalue weighted by Gasteiger charge is -2.36. The van der Waals surface area contributed by atoms with Crippen molar-refractivity contribution in [1.82, 2.24) is 9.88 Å². The van der Waals surface area contributed by atoms with Crippen molar-refractivity contribution in [3.05, 3.63) is 29.6 Å². The maximum absolute atomic E-state index is 12.2. The number of carbonyl (C=O) groups excluding carboxylic acids is 2. The van der Waals surface area contributed by atoms with E-state index < -0.39 is 11.5 Å². The topological polar surface area (TPSA) is 70.5 Å². The van der Waals surface area contributed by atoms with Crippen LogP contribution in [-0.4, -0.2) is 39.0 Å². The number of pyridine rings is 1. The number of aliphatic hydroxyl groups is 1. The van der Waals surface area contributed by atoms with E-state index in [1.54, 1.807) is 12.1 Å². The molecule has 3 rings (SSSR count). The summed E-state index contributed by atoms with van der Waals surface area (Å²) in [5.41, 5.74) is -0.407. The van der Waals surface area contributed by atoms with Crippen molar-refractivity contribution >= 4 is 11.8 Å². The zero-order valence-corrected chi connectivity index (χ0v) is 11.5. The molecule has 106 valence electrons. The smallest absolute Gasteiger partial charge is 0.280 e. The summed E-state index contributed by atoms with van der Waals surface area (Å²) < 4.78 is 0. The second-order valence-electron chi connectivity index (χ2n) is 6.00. The van der Waals surface area contributed by atoms with Gasteiger partial charge in [0.1, 0.15) is 5.69 Å². The van der Waals surface area contributed by atoms with Crippen LogP contribution < -0.4 is 0 Å². The van der Waals surface area contributed by atoms with Gasteiger partial charge in [-0.2, -0.15) is 0 Å². The molecule has 0 bridgehead atoms. The Labute approximate surface area is 117 Å². The summed E-state index contributed by atoms with van der Waals surface area (Å²) in [6, 6.07) is 3.25. The van der Waals surface area contributed by atoms with Crippen LogP contribution >= 0.6 is 0 Å². The standard InChI is InChI=1S/C15H18N2O3/c1-10-4-6-15(20,7-5-10)9-17-13(18)11-3-2-8-16-12(11)14(17)19/h2-3,8,10,20H,4-7,9H2,1H3. The van der Waals surface area contributed by atoms with Crippen LogP contribution in [0.2, 0.25) is 0 Å². The van der Waals surface area contributed by atoms with Crippen molar-refractivity contribution in [2.45, 2.75) is 38.2 Å². The highest BCUT2D eigenvalue weighted by Gasteiger charge is 2.42. The van der Waals surface area contributed by atoms with E-state index in [0.29, 0.717) is 24.3 Å². The van der Waals surface area contributed by atoms with E-state index in [1.807, 2.05) is 0 Å². The summed E-state index contributed by atoms with van der Waals surface area (Å²) in [6.07, 6.45) is 4.63. The van der Waals surface area contributed by atoms with E-state index in [2.05, 4.69) is 11.9 Å². The first kappa shape index (κ1) is 13.2. The van der Waals surface area contributed by atoms with Crippen LogP contribution in [-0.2, 0) is 0 Å². The van der Waals surface area contributed by atoms with Crippen molar-refractivity contribution in [3.8, 4) is 0 Å². The van der Waals surface area contributed by atoms with Crippen molar-refractivity contribution in [2.24, 2.45) is 5.92 Å². The molecule has 0 atom stereocenters. The molecule has 1 aromatic heterocycles. The van der Waals surface area contributed by atoms with Gasteiger partial charge in [0.15, 0.2) is 0 Å². The van der Waals surface area contributed by atoms with Crippen molar-refractivity contribution in [2.75, 3.05) is 6.54 Å². The molecular weight excluding hydrogens is 256 g/mol. The normalized spacial score (nSPS) is 29.7. The Hall–Kier alpha value is -1.75. The Balaban J connectivity index is 1.80. The number of β-amino-alcohol motifs (C(OH)–C–C–N with tert-alkyl or cyclic N) is 1. The van der Waals surface area contributed by atoms with E-state index in [9.17, 15) is 14.7 Å². The first-order chi connectivity index (χ1) is 9.50. The maximum atomic E-state index is 12.2. The highest BCUT2D eigenvalue weighted by Crippen LogP contribution is 2.34. The first-order valence-electron chi connectivity index (χ1n) is 7.04. The number of imide groups is 1. The number of rotatable bonds is 2. The minimum absolute atomic E-state index is 0.0771.